The number of ether oxygens (including phenoxy) is 6. The molecule has 0 radical (unpaired) electrons. The minimum atomic E-state index is -1.81. The van der Waals surface area contributed by atoms with Crippen LogP contribution in [0.5, 0.6) is 0 Å². The van der Waals surface area contributed by atoms with Crippen LogP contribution in [-0.2, 0) is 46.2 Å². The maximum Gasteiger partial charge on any atom is 0.311 e. The van der Waals surface area contributed by atoms with E-state index < -0.39 is 96.0 Å². The van der Waals surface area contributed by atoms with E-state index in [-0.39, 0.29) is 37.3 Å². The molecular formula is C46H80N2O12. The number of rotatable bonds is 10. The summed E-state index contributed by atoms with van der Waals surface area (Å²) in [5.74, 6) is -2.66. The van der Waals surface area contributed by atoms with Crippen LogP contribution < -0.4 is 0 Å². The highest BCUT2D eigenvalue weighted by molar-refractivity contribution is 5.73. The number of esters is 1. The van der Waals surface area contributed by atoms with E-state index in [1.807, 2.05) is 46.7 Å². The third-order valence-electron chi connectivity index (χ3n) is 14.0. The van der Waals surface area contributed by atoms with Crippen LogP contribution in [0.4, 0.5) is 0 Å². The zero-order valence-electron chi connectivity index (χ0n) is 38.9. The van der Waals surface area contributed by atoms with E-state index in [2.05, 4.69) is 36.1 Å². The van der Waals surface area contributed by atoms with Crippen molar-refractivity contribution in [2.24, 2.45) is 17.8 Å². The average Bonchev–Trinajstić information content (AvgIpc) is 3.19. The molecule has 60 heavy (non-hydrogen) atoms. The first-order chi connectivity index (χ1) is 27.9. The molecule has 14 heteroatoms. The highest BCUT2D eigenvalue weighted by atomic mass is 16.7. The molecule has 4 rings (SSSR count). The summed E-state index contributed by atoms with van der Waals surface area (Å²) in [4.78, 5) is 18.4. The maximum absolute atomic E-state index is 14.4. The van der Waals surface area contributed by atoms with Gasteiger partial charge in [0.05, 0.1) is 41.5 Å². The Morgan fingerprint density at radius 3 is 2.10 bits per heavy atom. The SMILES string of the molecule is CCc1ccc(CN(C)[C@H]2C[C@@H](C)O[C@@H](O[C@@H]3[C@@H](C)[C@H](OC4C[C@@](C)(OC)[C@@H](O)[C@H](C)O4)[C@@H](C)C(=O)O[C@H](CC)[C@@](C)(O)[C@H](O)[C@@H](C)N(C)C[C@H](C)C[C@@]3(C)O)[C@@H]2O)cc1. The van der Waals surface area contributed by atoms with Gasteiger partial charge in [-0.3, -0.25) is 9.69 Å². The molecular weight excluding hydrogens is 773 g/mol. The summed E-state index contributed by atoms with van der Waals surface area (Å²) in [6.07, 6.45) is -7.59. The fourth-order valence-corrected chi connectivity index (χ4v) is 9.95. The van der Waals surface area contributed by atoms with Gasteiger partial charge in [-0.25, -0.2) is 0 Å². The third-order valence-corrected chi connectivity index (χ3v) is 14.0. The fraction of sp³-hybridized carbons (Fsp3) is 0.848. The molecule has 0 bridgehead atoms. The summed E-state index contributed by atoms with van der Waals surface area (Å²) in [5.41, 5.74) is -2.08. The Morgan fingerprint density at radius 2 is 1.52 bits per heavy atom. The summed E-state index contributed by atoms with van der Waals surface area (Å²) in [5, 5.41) is 59.2. The molecule has 3 aliphatic heterocycles. The lowest BCUT2D eigenvalue weighted by molar-refractivity contribution is -0.318. The van der Waals surface area contributed by atoms with Crippen molar-refractivity contribution < 1.29 is 58.7 Å². The van der Waals surface area contributed by atoms with Gasteiger partial charge in [-0.1, -0.05) is 52.0 Å². The Bertz CT molecular complexity index is 1500. The Labute approximate surface area is 359 Å². The molecule has 3 heterocycles. The lowest BCUT2D eigenvalue weighted by Gasteiger charge is -2.49. The van der Waals surface area contributed by atoms with E-state index in [0.29, 0.717) is 19.5 Å². The minimum Gasteiger partial charge on any atom is -0.459 e. The molecule has 0 aromatic heterocycles. The second kappa shape index (κ2) is 20.8. The number of likely N-dealkylation sites (N-methyl/N-ethyl adjacent to an activating group) is 2. The van der Waals surface area contributed by atoms with Crippen molar-refractivity contribution in [1.82, 2.24) is 9.80 Å². The number of carbonyl (C=O) groups is 1. The molecule has 3 aliphatic rings. The van der Waals surface area contributed by atoms with Gasteiger partial charge in [0.25, 0.3) is 0 Å². The summed E-state index contributed by atoms with van der Waals surface area (Å²) in [6, 6.07) is 7.56. The van der Waals surface area contributed by atoms with E-state index in [1.165, 1.54) is 19.6 Å². The number of cyclic esters (lactones) is 1. The molecule has 346 valence electrons. The zero-order valence-corrected chi connectivity index (χ0v) is 38.9. The molecule has 1 aromatic carbocycles. The Hall–Kier alpha value is -1.79. The smallest absolute Gasteiger partial charge is 0.311 e. The van der Waals surface area contributed by atoms with Crippen molar-refractivity contribution in [3.8, 4) is 0 Å². The highest BCUT2D eigenvalue weighted by Gasteiger charge is 2.53. The number of nitrogens with zero attached hydrogens (tertiary/aromatic N) is 2. The largest absolute Gasteiger partial charge is 0.459 e. The number of aliphatic hydroxyl groups excluding tert-OH is 3. The van der Waals surface area contributed by atoms with Crippen molar-refractivity contribution in [3.05, 3.63) is 35.4 Å². The maximum atomic E-state index is 14.4. The first-order valence-corrected chi connectivity index (χ1v) is 22.2. The molecule has 1 unspecified atom stereocenters. The Kier molecular flexibility index (Phi) is 17.6. The standard InChI is InChI=1S/C46H80N2O12/c1-15-32-17-19-33(20-18-32)25-48(13)34-21-27(4)56-43(37(34)49)60-41-28(5)38(59-36-23-45(10,55-14)40(51)31(8)57-36)29(6)42(52)58-35(16-2)46(11,54)39(50)30(7)47(12)24-26(3)22-44(41,9)53/h17-20,26-31,34-41,43,49-51,53-54H,15-16,21-25H2,1-14H3/t26-,27-,28+,29-,30-,31+,34+,35-,36?,37-,38+,39-,40+,41-,43+,44-,45-,46-/m1/s1. The molecule has 0 aliphatic carbocycles. The van der Waals surface area contributed by atoms with Crippen molar-refractivity contribution in [2.45, 2.75) is 205 Å². The topological polar surface area (TPSA) is 180 Å². The highest BCUT2D eigenvalue weighted by Crippen LogP contribution is 2.40. The molecule has 3 fully saturated rings. The Morgan fingerprint density at radius 1 is 0.900 bits per heavy atom. The van der Waals surface area contributed by atoms with Crippen LogP contribution in [-0.4, -0.2) is 159 Å². The second-order valence-electron chi connectivity index (χ2n) is 19.3. The quantitative estimate of drug-likeness (QED) is 0.213. The van der Waals surface area contributed by atoms with Gasteiger partial charge in [-0.05, 0) is 105 Å². The van der Waals surface area contributed by atoms with E-state index >= 15 is 0 Å². The Balaban J connectivity index is 1.78. The van der Waals surface area contributed by atoms with Crippen molar-refractivity contribution in [2.75, 3.05) is 27.7 Å². The predicted octanol–water partition coefficient (Wildman–Crippen LogP) is 4.03. The summed E-state index contributed by atoms with van der Waals surface area (Å²) >= 11 is 0. The van der Waals surface area contributed by atoms with Crippen LogP contribution in [0.15, 0.2) is 24.3 Å². The van der Waals surface area contributed by atoms with Crippen molar-refractivity contribution >= 4 is 5.97 Å². The van der Waals surface area contributed by atoms with Crippen LogP contribution >= 0.6 is 0 Å². The molecule has 1 aromatic rings. The molecule has 14 nitrogen and oxygen atoms in total. The molecule has 0 saturated carbocycles. The molecule has 0 amide bonds. The van der Waals surface area contributed by atoms with Crippen LogP contribution in [0.1, 0.15) is 113 Å². The van der Waals surface area contributed by atoms with Gasteiger partial charge in [0, 0.05) is 44.6 Å². The van der Waals surface area contributed by atoms with Gasteiger partial charge in [-0.15, -0.1) is 0 Å². The fourth-order valence-electron chi connectivity index (χ4n) is 9.95. The van der Waals surface area contributed by atoms with Gasteiger partial charge >= 0.3 is 5.97 Å². The van der Waals surface area contributed by atoms with Crippen LogP contribution in [0.2, 0.25) is 0 Å². The lowest BCUT2D eigenvalue weighted by Crippen LogP contribution is -2.60. The number of benzene rings is 1. The van der Waals surface area contributed by atoms with Crippen molar-refractivity contribution in [3.63, 3.8) is 0 Å². The normalized spacial score (nSPS) is 44.5. The van der Waals surface area contributed by atoms with Gasteiger partial charge in [0.15, 0.2) is 12.6 Å². The van der Waals surface area contributed by atoms with Gasteiger partial charge in [-0.2, -0.15) is 0 Å². The minimum absolute atomic E-state index is 0.124. The monoisotopic (exact) mass is 853 g/mol. The number of aryl methyl sites for hydroxylation is 1. The summed E-state index contributed by atoms with van der Waals surface area (Å²) in [6.45, 7) is 20.9. The molecule has 3 saturated heterocycles. The number of hydrogen-bond donors (Lipinski definition) is 5. The van der Waals surface area contributed by atoms with Crippen molar-refractivity contribution in [1.29, 1.82) is 0 Å². The first-order valence-electron chi connectivity index (χ1n) is 22.2. The average molecular weight is 853 g/mol. The molecule has 0 spiro atoms. The van der Waals surface area contributed by atoms with Crippen LogP contribution in [0.3, 0.4) is 0 Å². The van der Waals surface area contributed by atoms with Gasteiger partial charge < -0.3 is 58.9 Å². The van der Waals surface area contributed by atoms with Gasteiger partial charge in [0.2, 0.25) is 0 Å². The number of hydrogen-bond acceptors (Lipinski definition) is 14. The summed E-state index contributed by atoms with van der Waals surface area (Å²) < 4.78 is 38.1. The third kappa shape index (κ3) is 11.7. The lowest BCUT2D eigenvalue weighted by atomic mass is 9.77. The first kappa shape index (κ1) is 50.9. The molecule has 5 N–H and O–H groups in total. The zero-order chi connectivity index (χ0) is 45.1. The number of methoxy groups -OCH3 is 1. The number of aliphatic hydroxyl groups is 5. The predicted molar refractivity (Wildman–Crippen MR) is 228 cm³/mol. The summed E-state index contributed by atoms with van der Waals surface area (Å²) in [7, 11) is 5.34. The van der Waals surface area contributed by atoms with E-state index in [0.717, 1.165) is 12.0 Å². The second-order valence-corrected chi connectivity index (χ2v) is 19.3. The van der Waals surface area contributed by atoms with E-state index in [4.69, 9.17) is 28.4 Å². The van der Waals surface area contributed by atoms with Gasteiger partial charge in [0.1, 0.15) is 30.0 Å². The van der Waals surface area contributed by atoms with Crippen LogP contribution in [0.25, 0.3) is 0 Å². The van der Waals surface area contributed by atoms with E-state index in [9.17, 15) is 30.3 Å². The van der Waals surface area contributed by atoms with E-state index in [1.54, 1.807) is 34.6 Å². The number of carbonyl (C=O) groups excluding carboxylic acids is 1. The molecule has 18 atom stereocenters. The van der Waals surface area contributed by atoms with Crippen LogP contribution in [0, 0.1) is 17.8 Å².